The number of guanidine groups is 1. The lowest BCUT2D eigenvalue weighted by molar-refractivity contribution is -0.143. The number of carbonyl (C=O) groups is 5. The van der Waals surface area contributed by atoms with Gasteiger partial charge in [-0.2, -0.15) is 0 Å². The molecule has 0 bridgehead atoms. The summed E-state index contributed by atoms with van der Waals surface area (Å²) in [7, 11) is 0. The minimum Gasteiger partial charge on any atom is -0.480 e. The van der Waals surface area contributed by atoms with Gasteiger partial charge in [0.25, 0.3) is 0 Å². The van der Waals surface area contributed by atoms with E-state index in [9.17, 15) is 29.1 Å². The number of aliphatic carboxylic acids is 1. The molecule has 0 aliphatic carbocycles. The molecule has 0 aromatic heterocycles. The van der Waals surface area contributed by atoms with Crippen LogP contribution in [0.5, 0.6) is 0 Å². The Morgan fingerprint density at radius 2 is 1.72 bits per heavy atom. The lowest BCUT2D eigenvalue weighted by Gasteiger charge is -2.29. The van der Waals surface area contributed by atoms with E-state index >= 15 is 0 Å². The molecule has 0 radical (unpaired) electrons. The van der Waals surface area contributed by atoms with Crippen LogP contribution in [0.2, 0.25) is 0 Å². The lowest BCUT2D eigenvalue weighted by Crippen LogP contribution is -2.56. The molecule has 36 heavy (non-hydrogen) atoms. The van der Waals surface area contributed by atoms with E-state index in [-0.39, 0.29) is 50.0 Å². The smallest absolute Gasteiger partial charge is 0.326 e. The number of amides is 4. The second-order valence-electron chi connectivity index (χ2n) is 9.34. The Hall–Kier alpha value is -3.42. The first-order valence-corrected chi connectivity index (χ1v) is 12.1. The Labute approximate surface area is 210 Å². The highest BCUT2D eigenvalue weighted by Crippen LogP contribution is 2.20. The predicted molar refractivity (Wildman–Crippen MR) is 132 cm³/mol. The Morgan fingerprint density at radius 1 is 1.06 bits per heavy atom. The maximum Gasteiger partial charge on any atom is 0.326 e. The van der Waals surface area contributed by atoms with Crippen LogP contribution in [-0.2, 0) is 24.0 Å². The molecular weight excluding hydrogens is 472 g/mol. The first-order valence-electron chi connectivity index (χ1n) is 12.1. The van der Waals surface area contributed by atoms with Crippen molar-refractivity contribution in [2.75, 3.05) is 13.1 Å². The van der Waals surface area contributed by atoms with Crippen molar-refractivity contribution in [2.24, 2.45) is 33.8 Å². The van der Waals surface area contributed by atoms with Gasteiger partial charge in [0.1, 0.15) is 18.1 Å². The summed E-state index contributed by atoms with van der Waals surface area (Å²) in [6.45, 7) is 4.41. The number of carboxylic acid groups (broad SMARTS) is 1. The van der Waals surface area contributed by atoms with Gasteiger partial charge in [0, 0.05) is 19.5 Å². The topological polar surface area (TPSA) is 249 Å². The fraction of sp³-hybridized carbons (Fsp3) is 0.727. The molecule has 11 N–H and O–H groups in total. The molecule has 204 valence electrons. The summed E-state index contributed by atoms with van der Waals surface area (Å²) in [4.78, 5) is 66.9. The minimum atomic E-state index is -1.28. The maximum atomic E-state index is 13.1. The molecule has 14 heteroatoms. The molecule has 0 saturated carbocycles. The van der Waals surface area contributed by atoms with Crippen LogP contribution in [-0.4, -0.2) is 82.8 Å². The average molecular weight is 513 g/mol. The average Bonchev–Trinajstić information content (AvgIpc) is 3.26. The minimum absolute atomic E-state index is 0.0347. The highest BCUT2D eigenvalue weighted by molar-refractivity contribution is 5.94. The molecule has 1 saturated heterocycles. The van der Waals surface area contributed by atoms with Crippen LogP contribution in [0.3, 0.4) is 0 Å². The first kappa shape index (κ1) is 30.6. The summed E-state index contributed by atoms with van der Waals surface area (Å²) < 4.78 is 0. The number of carboxylic acids is 1. The molecule has 4 unspecified atom stereocenters. The van der Waals surface area contributed by atoms with Gasteiger partial charge in [-0.1, -0.05) is 13.8 Å². The summed E-state index contributed by atoms with van der Waals surface area (Å²) in [5, 5.41) is 14.4. The van der Waals surface area contributed by atoms with Crippen molar-refractivity contribution in [1.82, 2.24) is 15.5 Å². The van der Waals surface area contributed by atoms with Crippen molar-refractivity contribution in [3.05, 3.63) is 0 Å². The zero-order chi connectivity index (χ0) is 27.4. The lowest BCUT2D eigenvalue weighted by atomic mass is 10.0. The van der Waals surface area contributed by atoms with Crippen LogP contribution in [0.1, 0.15) is 58.8 Å². The predicted octanol–water partition coefficient (Wildman–Crippen LogP) is -2.28. The van der Waals surface area contributed by atoms with Gasteiger partial charge >= 0.3 is 5.97 Å². The number of carbonyl (C=O) groups excluding carboxylic acids is 4. The van der Waals surface area contributed by atoms with Gasteiger partial charge < -0.3 is 43.6 Å². The third kappa shape index (κ3) is 10.5. The normalized spacial score (nSPS) is 17.7. The zero-order valence-corrected chi connectivity index (χ0v) is 20.9. The number of nitrogens with two attached hydrogens (primary N) is 4. The molecule has 0 aromatic rings. The fourth-order valence-corrected chi connectivity index (χ4v) is 3.98. The highest BCUT2D eigenvalue weighted by Gasteiger charge is 2.38. The molecule has 1 rings (SSSR count). The van der Waals surface area contributed by atoms with Crippen LogP contribution < -0.4 is 33.6 Å². The number of nitrogens with zero attached hydrogens (tertiary/aromatic N) is 2. The third-order valence-electron chi connectivity index (χ3n) is 5.75. The molecule has 0 aromatic carbocycles. The monoisotopic (exact) mass is 512 g/mol. The standard InChI is InChI=1S/C22H40N8O6/c1-12(2)11-13(23)20(34)30-10-4-6-16(30)19(33)28-14(7-8-17(24)31)18(32)29-15(21(35)36)5-3-9-27-22(25)26/h12-16H,3-11,23H2,1-2H3,(H2,24,31)(H,28,33)(H,29,32)(H,35,36)(H4,25,26,27). The molecule has 4 atom stereocenters. The van der Waals surface area contributed by atoms with Gasteiger partial charge in [0.2, 0.25) is 23.6 Å². The molecule has 4 amide bonds. The fourth-order valence-electron chi connectivity index (χ4n) is 3.98. The Bertz CT molecular complexity index is 829. The number of aliphatic imine (C=N–C) groups is 1. The third-order valence-corrected chi connectivity index (χ3v) is 5.75. The zero-order valence-electron chi connectivity index (χ0n) is 20.9. The summed E-state index contributed by atoms with van der Waals surface area (Å²) >= 11 is 0. The summed E-state index contributed by atoms with van der Waals surface area (Å²) in [6.07, 6.45) is 1.41. The first-order chi connectivity index (χ1) is 16.8. The molecule has 0 spiro atoms. The molecule has 1 aliphatic heterocycles. The Morgan fingerprint density at radius 3 is 2.28 bits per heavy atom. The highest BCUT2D eigenvalue weighted by atomic mass is 16.4. The molecule has 1 fully saturated rings. The van der Waals surface area contributed by atoms with Gasteiger partial charge in [-0.05, 0) is 44.4 Å². The largest absolute Gasteiger partial charge is 0.480 e. The van der Waals surface area contributed by atoms with Crippen LogP contribution in [0.4, 0.5) is 0 Å². The number of hydrogen-bond donors (Lipinski definition) is 7. The Kier molecular flexibility index (Phi) is 12.6. The van der Waals surface area contributed by atoms with Crippen LogP contribution in [0.15, 0.2) is 4.99 Å². The summed E-state index contributed by atoms with van der Waals surface area (Å²) in [6, 6.07) is -4.07. The quantitative estimate of drug-likeness (QED) is 0.0708. The van der Waals surface area contributed by atoms with Gasteiger partial charge in [0.15, 0.2) is 5.96 Å². The second-order valence-corrected chi connectivity index (χ2v) is 9.34. The van der Waals surface area contributed by atoms with Crippen molar-refractivity contribution < 1.29 is 29.1 Å². The molecular formula is C22H40N8O6. The van der Waals surface area contributed by atoms with E-state index < -0.39 is 47.9 Å². The van der Waals surface area contributed by atoms with E-state index in [0.29, 0.717) is 25.8 Å². The Balaban J connectivity index is 2.91. The van der Waals surface area contributed by atoms with Gasteiger partial charge in [0.05, 0.1) is 6.04 Å². The van der Waals surface area contributed by atoms with E-state index in [1.54, 1.807) is 0 Å². The summed E-state index contributed by atoms with van der Waals surface area (Å²) in [5.74, 6) is -3.61. The van der Waals surface area contributed by atoms with Crippen molar-refractivity contribution in [3.8, 4) is 0 Å². The number of hydrogen-bond acceptors (Lipinski definition) is 7. The van der Waals surface area contributed by atoms with Crippen molar-refractivity contribution in [2.45, 2.75) is 83.0 Å². The van der Waals surface area contributed by atoms with Crippen LogP contribution in [0.25, 0.3) is 0 Å². The second kappa shape index (κ2) is 14.9. The van der Waals surface area contributed by atoms with Gasteiger partial charge in [-0.15, -0.1) is 0 Å². The number of nitrogens with one attached hydrogen (secondary N) is 2. The van der Waals surface area contributed by atoms with E-state index in [4.69, 9.17) is 22.9 Å². The number of primary amides is 1. The number of likely N-dealkylation sites (tertiary alicyclic amines) is 1. The molecule has 1 aliphatic rings. The maximum absolute atomic E-state index is 13.1. The van der Waals surface area contributed by atoms with Crippen molar-refractivity contribution in [3.63, 3.8) is 0 Å². The van der Waals surface area contributed by atoms with Crippen LogP contribution in [0, 0.1) is 5.92 Å². The SMILES string of the molecule is CC(C)CC(N)C(=O)N1CCCC1C(=O)NC(CCC(N)=O)C(=O)NC(CCCN=C(N)N)C(=O)O. The van der Waals surface area contributed by atoms with E-state index in [2.05, 4.69) is 15.6 Å². The van der Waals surface area contributed by atoms with E-state index in [1.807, 2.05) is 13.8 Å². The molecule has 1 heterocycles. The molecule has 14 nitrogen and oxygen atoms in total. The van der Waals surface area contributed by atoms with Gasteiger partial charge in [-0.25, -0.2) is 4.79 Å². The van der Waals surface area contributed by atoms with Gasteiger partial charge in [-0.3, -0.25) is 24.2 Å². The summed E-state index contributed by atoms with van der Waals surface area (Å²) in [5.41, 5.74) is 21.7. The van der Waals surface area contributed by atoms with E-state index in [1.165, 1.54) is 4.90 Å². The van der Waals surface area contributed by atoms with Crippen molar-refractivity contribution in [1.29, 1.82) is 0 Å². The van der Waals surface area contributed by atoms with E-state index in [0.717, 1.165) is 0 Å². The van der Waals surface area contributed by atoms with Crippen LogP contribution >= 0.6 is 0 Å². The number of rotatable bonds is 15. The van der Waals surface area contributed by atoms with Crippen molar-refractivity contribution >= 4 is 35.6 Å².